The fourth-order valence-corrected chi connectivity index (χ4v) is 13.6. The number of para-hydroxylation sites is 1. The van der Waals surface area contributed by atoms with Crippen molar-refractivity contribution in [3.63, 3.8) is 0 Å². The molecular formula is C68H50N2. The summed E-state index contributed by atoms with van der Waals surface area (Å²) in [4.78, 5) is 2.49. The molecule has 1 fully saturated rings. The topological polar surface area (TPSA) is 8.17 Å². The van der Waals surface area contributed by atoms with Crippen LogP contribution in [0.1, 0.15) is 61.8 Å². The summed E-state index contributed by atoms with van der Waals surface area (Å²) >= 11 is 0. The Labute approximate surface area is 409 Å². The average Bonchev–Trinajstić information content (AvgIpc) is 4.15. The van der Waals surface area contributed by atoms with Crippen LogP contribution in [0.3, 0.4) is 0 Å². The number of anilines is 3. The SMILES string of the molecule is CC1(C)c2ccccc2-c2ccc(N(c3cccc(-c4ccc5c(c4)c4ccc6c7c4n5-c4ccccc4-c4cccc(c4-7)C64CCCC4)c3)c3cc(-c4ccccc4)cc(-c4ccccc4)c3)cc21. The van der Waals surface area contributed by atoms with Gasteiger partial charge in [-0.1, -0.05) is 184 Å². The van der Waals surface area contributed by atoms with E-state index < -0.39 is 0 Å². The summed E-state index contributed by atoms with van der Waals surface area (Å²) in [5, 5.41) is 2.62. The Balaban J connectivity index is 0.939. The first-order valence-corrected chi connectivity index (χ1v) is 25.2. The van der Waals surface area contributed by atoms with Gasteiger partial charge in [-0.3, -0.25) is 0 Å². The normalized spacial score (nSPS) is 15.0. The third kappa shape index (κ3) is 5.50. The van der Waals surface area contributed by atoms with Crippen LogP contribution < -0.4 is 4.90 Å². The molecule has 1 spiro atoms. The Morgan fingerprint density at radius 3 is 1.76 bits per heavy atom. The van der Waals surface area contributed by atoms with Gasteiger partial charge in [-0.15, -0.1) is 0 Å². The summed E-state index contributed by atoms with van der Waals surface area (Å²) in [7, 11) is 0. The Morgan fingerprint density at radius 1 is 0.371 bits per heavy atom. The number of fused-ring (bicyclic) bond motifs is 11. The Hall–Kier alpha value is -8.20. The summed E-state index contributed by atoms with van der Waals surface area (Å²) in [6, 6.07) is 82.6. The number of nitrogens with zero attached hydrogens (tertiary/aromatic N) is 2. The van der Waals surface area contributed by atoms with Gasteiger partial charge in [-0.2, -0.15) is 0 Å². The Morgan fingerprint density at radius 2 is 0.971 bits per heavy atom. The molecule has 1 aromatic heterocycles. The third-order valence-electron chi connectivity index (χ3n) is 16.8. The number of hydrogen-bond acceptors (Lipinski definition) is 1. The van der Waals surface area contributed by atoms with Crippen LogP contribution in [0.25, 0.3) is 94.3 Å². The molecule has 0 N–H and O–H groups in total. The van der Waals surface area contributed by atoms with Gasteiger partial charge >= 0.3 is 0 Å². The molecule has 0 unspecified atom stereocenters. The van der Waals surface area contributed by atoms with Crippen LogP contribution >= 0.6 is 0 Å². The van der Waals surface area contributed by atoms with Crippen LogP contribution in [-0.4, -0.2) is 4.57 Å². The smallest absolute Gasteiger partial charge is 0.0623 e. The molecule has 2 heterocycles. The molecule has 70 heavy (non-hydrogen) atoms. The van der Waals surface area contributed by atoms with Crippen LogP contribution in [0.4, 0.5) is 17.1 Å². The molecule has 332 valence electrons. The fourth-order valence-electron chi connectivity index (χ4n) is 13.6. The lowest BCUT2D eigenvalue weighted by Gasteiger charge is -2.29. The zero-order chi connectivity index (χ0) is 46.3. The first-order chi connectivity index (χ1) is 34.4. The monoisotopic (exact) mass is 894 g/mol. The van der Waals surface area contributed by atoms with Crippen LogP contribution in [0.2, 0.25) is 0 Å². The molecule has 15 rings (SSSR count). The van der Waals surface area contributed by atoms with E-state index in [0.717, 1.165) is 17.1 Å². The van der Waals surface area contributed by atoms with Gasteiger partial charge < -0.3 is 9.47 Å². The van der Waals surface area contributed by atoms with E-state index in [4.69, 9.17) is 0 Å². The standard InChI is InChI=1S/C68H50N2/c1-67(2)58-26-11-9-23-52(58)53-31-30-50(42-61(53)67)69(51-39-47(43-17-5-3-6-18-43)37-48(40-51)44-19-7-4-8-20-44)49-22-15-21-45(38-49)46-29-34-63-57(41-46)56-32-33-60-65-64-55(25-16-27-59(64)68(60)35-13-14-36-68)54-24-10-12-28-62(54)70(63)66(56)65/h3-12,15-34,37-42H,13-14,35-36H2,1-2H3. The van der Waals surface area contributed by atoms with Crippen molar-refractivity contribution in [2.75, 3.05) is 4.90 Å². The predicted molar refractivity (Wildman–Crippen MR) is 293 cm³/mol. The highest BCUT2D eigenvalue weighted by atomic mass is 15.1. The van der Waals surface area contributed by atoms with E-state index in [0.29, 0.717) is 0 Å². The molecule has 1 aliphatic heterocycles. The van der Waals surface area contributed by atoms with Crippen molar-refractivity contribution in [1.82, 2.24) is 4.57 Å². The number of aromatic nitrogens is 1. The minimum atomic E-state index is -0.145. The molecule has 0 radical (unpaired) electrons. The van der Waals surface area contributed by atoms with E-state index >= 15 is 0 Å². The van der Waals surface area contributed by atoms with Gasteiger partial charge in [0.15, 0.2) is 0 Å². The molecule has 0 atom stereocenters. The number of benzene rings is 10. The molecule has 4 aliphatic rings. The third-order valence-corrected chi connectivity index (χ3v) is 16.8. The van der Waals surface area contributed by atoms with Gasteiger partial charge in [-0.05, 0) is 151 Å². The largest absolute Gasteiger partial charge is 0.310 e. The minimum absolute atomic E-state index is 0.0982. The van der Waals surface area contributed by atoms with Gasteiger partial charge in [0.25, 0.3) is 0 Å². The van der Waals surface area contributed by atoms with E-state index in [1.54, 1.807) is 5.56 Å². The van der Waals surface area contributed by atoms with Crippen molar-refractivity contribution >= 4 is 38.9 Å². The van der Waals surface area contributed by atoms with Crippen LogP contribution in [0.15, 0.2) is 218 Å². The van der Waals surface area contributed by atoms with E-state index in [1.807, 2.05) is 0 Å². The second-order valence-corrected chi connectivity index (χ2v) is 20.8. The van der Waals surface area contributed by atoms with Crippen LogP contribution in [-0.2, 0) is 10.8 Å². The molecule has 1 saturated carbocycles. The van der Waals surface area contributed by atoms with Crippen molar-refractivity contribution in [2.45, 2.75) is 50.4 Å². The van der Waals surface area contributed by atoms with Gasteiger partial charge in [0.1, 0.15) is 0 Å². The van der Waals surface area contributed by atoms with Crippen molar-refractivity contribution in [2.24, 2.45) is 0 Å². The molecular weight excluding hydrogens is 845 g/mol. The maximum absolute atomic E-state index is 2.61. The van der Waals surface area contributed by atoms with Gasteiger partial charge in [0, 0.05) is 49.8 Å². The van der Waals surface area contributed by atoms with E-state index in [1.165, 1.54) is 137 Å². The molecule has 2 heteroatoms. The molecule has 11 aromatic rings. The van der Waals surface area contributed by atoms with Crippen LogP contribution in [0, 0.1) is 0 Å². The molecule has 3 aliphatic carbocycles. The van der Waals surface area contributed by atoms with E-state index in [-0.39, 0.29) is 10.8 Å². The Bertz CT molecular complexity index is 3920. The lowest BCUT2D eigenvalue weighted by molar-refractivity contribution is 0.550. The van der Waals surface area contributed by atoms with Crippen LogP contribution in [0.5, 0.6) is 0 Å². The second kappa shape index (κ2) is 14.7. The first-order valence-electron chi connectivity index (χ1n) is 25.2. The summed E-state index contributed by atoms with van der Waals surface area (Å²) in [6.45, 7) is 4.76. The van der Waals surface area contributed by atoms with E-state index in [9.17, 15) is 0 Å². The summed E-state index contributed by atoms with van der Waals surface area (Å²) in [5.74, 6) is 0. The number of hydrogen-bond donors (Lipinski definition) is 0. The highest BCUT2D eigenvalue weighted by Gasteiger charge is 2.48. The lowest BCUT2D eigenvalue weighted by atomic mass is 9.76. The zero-order valence-electron chi connectivity index (χ0n) is 39.5. The molecule has 0 bridgehead atoms. The summed E-state index contributed by atoms with van der Waals surface area (Å²) in [5.41, 5.74) is 28.5. The summed E-state index contributed by atoms with van der Waals surface area (Å²) in [6.07, 6.45) is 5.02. The lowest BCUT2D eigenvalue weighted by Crippen LogP contribution is -2.20. The van der Waals surface area contributed by atoms with Gasteiger partial charge in [0.2, 0.25) is 0 Å². The van der Waals surface area contributed by atoms with Crippen molar-refractivity contribution in [3.05, 3.63) is 241 Å². The van der Waals surface area contributed by atoms with Crippen molar-refractivity contribution < 1.29 is 0 Å². The highest BCUT2D eigenvalue weighted by Crippen LogP contribution is 2.62. The fraction of sp³-hybridized carbons (Fsp3) is 0.118. The first kappa shape index (κ1) is 39.8. The predicted octanol–water partition coefficient (Wildman–Crippen LogP) is 18.4. The molecule has 10 aromatic carbocycles. The van der Waals surface area contributed by atoms with Crippen molar-refractivity contribution in [1.29, 1.82) is 0 Å². The molecule has 0 amide bonds. The van der Waals surface area contributed by atoms with Gasteiger partial charge in [0.05, 0.1) is 16.7 Å². The Kier molecular flexibility index (Phi) is 8.32. The maximum Gasteiger partial charge on any atom is 0.0623 e. The quantitative estimate of drug-likeness (QED) is 0.161. The second-order valence-electron chi connectivity index (χ2n) is 20.8. The number of rotatable bonds is 6. The molecule has 0 saturated heterocycles. The average molecular weight is 895 g/mol. The highest BCUT2D eigenvalue weighted by molar-refractivity contribution is 6.19. The van der Waals surface area contributed by atoms with Gasteiger partial charge in [-0.25, -0.2) is 0 Å². The minimum Gasteiger partial charge on any atom is -0.310 e. The molecule has 2 nitrogen and oxygen atoms in total. The van der Waals surface area contributed by atoms with E-state index in [2.05, 4.69) is 242 Å². The zero-order valence-corrected chi connectivity index (χ0v) is 39.5. The maximum atomic E-state index is 2.61. The van der Waals surface area contributed by atoms with Crippen molar-refractivity contribution in [3.8, 4) is 72.4 Å². The summed E-state index contributed by atoms with van der Waals surface area (Å²) < 4.78 is 2.61.